The van der Waals surface area contributed by atoms with Crippen LogP contribution in [-0.4, -0.2) is 111 Å². The predicted octanol–water partition coefficient (Wildman–Crippen LogP) is 1.61. The SMILES string of the molecule is CC(C)(C)[C@H](c1cc(-c2cc(F)ccc2F)cn1Cc1ccccc1)N(CC[C@H](N)C(=O)NCCNC(=O)CC[C@H](NC(=O)CN1C(=O)C=CC1=O)C(=O)O)C(=O)CO. The first-order valence-corrected chi connectivity index (χ1v) is 18.8. The molecule has 0 saturated heterocycles. The van der Waals surface area contributed by atoms with Crippen molar-refractivity contribution in [3.8, 4) is 11.1 Å². The van der Waals surface area contributed by atoms with E-state index in [4.69, 9.17) is 5.73 Å². The van der Waals surface area contributed by atoms with E-state index >= 15 is 4.39 Å². The van der Waals surface area contributed by atoms with Crippen LogP contribution in [0, 0.1) is 17.0 Å². The number of nitrogens with two attached hydrogens (primary N) is 1. The summed E-state index contributed by atoms with van der Waals surface area (Å²) in [6.07, 6.45) is 2.99. The van der Waals surface area contributed by atoms with Crippen LogP contribution in [0.25, 0.3) is 11.1 Å². The lowest BCUT2D eigenvalue weighted by atomic mass is 9.82. The lowest BCUT2D eigenvalue weighted by Crippen LogP contribution is -2.48. The van der Waals surface area contributed by atoms with Crippen LogP contribution in [-0.2, 0) is 40.1 Å². The second-order valence-electron chi connectivity index (χ2n) is 15.0. The number of aliphatic hydroxyl groups is 1. The van der Waals surface area contributed by atoms with Crippen LogP contribution in [0.5, 0.6) is 0 Å². The standard InChI is InChI=1S/C41H49F2N7O9/c1-41(2,3)38(32-19-26(28-20-27(42)9-10-29(28)43)22-48(32)21-25-7-5-4-6-8-25)49(37(56)24-51)18-15-30(44)39(57)46-17-16-45-33(52)12-11-31(40(58)59)47-34(53)23-50-35(54)13-14-36(50)55/h4-10,13-14,19-20,22,30-31,38,51H,11-12,15-18,21,23-24,44H2,1-3H3,(H,45,52)(H,46,57)(H,47,53)(H,58,59)/t30-,31-,38-/m0/s1. The minimum absolute atomic E-state index is 0.0271. The van der Waals surface area contributed by atoms with Gasteiger partial charge in [-0.05, 0) is 48.1 Å². The molecule has 1 aliphatic heterocycles. The van der Waals surface area contributed by atoms with Gasteiger partial charge in [-0.25, -0.2) is 13.6 Å². The maximum atomic E-state index is 15.0. The normalized spacial score (nSPS) is 14.1. The molecule has 2 aromatic carbocycles. The highest BCUT2D eigenvalue weighted by Gasteiger charge is 2.37. The average Bonchev–Trinajstić information content (AvgIpc) is 3.73. The molecule has 0 saturated carbocycles. The summed E-state index contributed by atoms with van der Waals surface area (Å²) in [6.45, 7) is 4.26. The minimum atomic E-state index is -1.48. The second kappa shape index (κ2) is 20.4. The van der Waals surface area contributed by atoms with Gasteiger partial charge in [-0.1, -0.05) is 51.1 Å². The number of nitrogens with one attached hydrogen (secondary N) is 3. The molecular formula is C41H49F2N7O9. The number of aromatic nitrogens is 1. The molecule has 16 nitrogen and oxygen atoms in total. The summed E-state index contributed by atoms with van der Waals surface area (Å²) in [7, 11) is 0. The average molecular weight is 822 g/mol. The van der Waals surface area contributed by atoms with Gasteiger partial charge in [-0.3, -0.25) is 33.7 Å². The second-order valence-corrected chi connectivity index (χ2v) is 15.0. The number of amides is 6. The lowest BCUT2D eigenvalue weighted by Gasteiger charge is -2.41. The summed E-state index contributed by atoms with van der Waals surface area (Å²) in [6, 6.07) is 10.9. The number of hydrogen-bond acceptors (Lipinski definition) is 9. The Hall–Kier alpha value is -6.27. The Kier molecular flexibility index (Phi) is 15.7. The monoisotopic (exact) mass is 821 g/mol. The summed E-state index contributed by atoms with van der Waals surface area (Å²) in [5, 5.41) is 26.9. The minimum Gasteiger partial charge on any atom is -0.480 e. The number of imide groups is 1. The number of carboxylic acid groups (broad SMARTS) is 1. The summed E-state index contributed by atoms with van der Waals surface area (Å²) < 4.78 is 31.2. The topological polar surface area (TPSA) is 233 Å². The van der Waals surface area contributed by atoms with Gasteiger partial charge in [0.05, 0.1) is 12.1 Å². The maximum Gasteiger partial charge on any atom is 0.326 e. The van der Waals surface area contributed by atoms with E-state index in [-0.39, 0.29) is 44.5 Å². The Labute approximate surface area is 339 Å². The predicted molar refractivity (Wildman–Crippen MR) is 210 cm³/mol. The lowest BCUT2D eigenvalue weighted by molar-refractivity contribution is -0.144. The Morgan fingerprint density at radius 2 is 1.56 bits per heavy atom. The number of nitrogens with zero attached hydrogens (tertiary/aromatic N) is 3. The fraction of sp³-hybridized carbons (Fsp3) is 0.390. The number of aliphatic carboxylic acids is 1. The van der Waals surface area contributed by atoms with Crippen molar-refractivity contribution in [3.05, 3.63) is 95.8 Å². The molecule has 0 spiro atoms. The molecule has 59 heavy (non-hydrogen) atoms. The van der Waals surface area contributed by atoms with Crippen LogP contribution < -0.4 is 21.7 Å². The van der Waals surface area contributed by atoms with Crippen LogP contribution in [0.1, 0.15) is 57.3 Å². The van der Waals surface area contributed by atoms with Crippen molar-refractivity contribution in [2.45, 2.75) is 64.7 Å². The number of benzene rings is 2. The third-order valence-corrected chi connectivity index (χ3v) is 9.49. The van der Waals surface area contributed by atoms with Crippen molar-refractivity contribution in [2.75, 3.05) is 32.8 Å². The van der Waals surface area contributed by atoms with Crippen molar-refractivity contribution < 1.29 is 52.6 Å². The highest BCUT2D eigenvalue weighted by Crippen LogP contribution is 2.41. The molecule has 7 N–H and O–H groups in total. The van der Waals surface area contributed by atoms with Crippen LogP contribution in [0.2, 0.25) is 0 Å². The van der Waals surface area contributed by atoms with E-state index in [1.807, 2.05) is 55.7 Å². The fourth-order valence-electron chi connectivity index (χ4n) is 6.62. The van der Waals surface area contributed by atoms with Crippen molar-refractivity contribution >= 4 is 41.4 Å². The number of rotatable bonds is 20. The van der Waals surface area contributed by atoms with E-state index in [0.717, 1.165) is 35.9 Å². The van der Waals surface area contributed by atoms with E-state index < -0.39 is 89.7 Å². The zero-order chi connectivity index (χ0) is 43.4. The maximum absolute atomic E-state index is 15.0. The van der Waals surface area contributed by atoms with E-state index in [1.54, 1.807) is 12.3 Å². The summed E-state index contributed by atoms with van der Waals surface area (Å²) >= 11 is 0. The van der Waals surface area contributed by atoms with Crippen LogP contribution in [0.15, 0.2) is 72.9 Å². The van der Waals surface area contributed by atoms with Gasteiger partial charge in [0.2, 0.25) is 23.6 Å². The quantitative estimate of drug-likeness (QED) is 0.0712. The van der Waals surface area contributed by atoms with Gasteiger partial charge in [0.15, 0.2) is 0 Å². The van der Waals surface area contributed by atoms with E-state index in [0.29, 0.717) is 22.7 Å². The van der Waals surface area contributed by atoms with Gasteiger partial charge < -0.3 is 41.4 Å². The first-order chi connectivity index (χ1) is 27.9. The molecule has 316 valence electrons. The number of hydrogen-bond donors (Lipinski definition) is 6. The van der Waals surface area contributed by atoms with Gasteiger partial charge in [0.1, 0.15) is 30.8 Å². The molecule has 0 unspecified atom stereocenters. The molecule has 1 aromatic heterocycles. The van der Waals surface area contributed by atoms with Crippen LogP contribution >= 0.6 is 0 Å². The molecule has 0 fully saturated rings. The Balaban J connectivity index is 1.37. The van der Waals surface area contributed by atoms with Crippen LogP contribution in [0.4, 0.5) is 8.78 Å². The van der Waals surface area contributed by atoms with Crippen molar-refractivity contribution in [1.82, 2.24) is 30.3 Å². The number of aliphatic hydroxyl groups excluding tert-OH is 1. The molecule has 0 aliphatic carbocycles. The zero-order valence-corrected chi connectivity index (χ0v) is 33.0. The van der Waals surface area contributed by atoms with Gasteiger partial charge in [0.25, 0.3) is 11.8 Å². The number of carbonyl (C=O) groups excluding carboxylic acids is 6. The van der Waals surface area contributed by atoms with Gasteiger partial charge in [0, 0.05) is 67.8 Å². The third kappa shape index (κ3) is 12.6. The van der Waals surface area contributed by atoms with Crippen molar-refractivity contribution in [1.29, 1.82) is 0 Å². The van der Waals surface area contributed by atoms with Gasteiger partial charge in [-0.2, -0.15) is 0 Å². The molecule has 3 aromatic rings. The number of carbonyl (C=O) groups is 7. The molecular weight excluding hydrogens is 772 g/mol. The van der Waals surface area contributed by atoms with Gasteiger partial charge >= 0.3 is 5.97 Å². The van der Waals surface area contributed by atoms with Crippen molar-refractivity contribution in [3.63, 3.8) is 0 Å². The summed E-state index contributed by atoms with van der Waals surface area (Å²) in [5.74, 6) is -6.84. The summed E-state index contributed by atoms with van der Waals surface area (Å²) in [5.41, 5.74) is 7.42. The molecule has 6 amide bonds. The Bertz CT molecular complexity index is 2050. The van der Waals surface area contributed by atoms with E-state index in [2.05, 4.69) is 16.0 Å². The zero-order valence-electron chi connectivity index (χ0n) is 33.0. The van der Waals surface area contributed by atoms with Crippen molar-refractivity contribution in [2.24, 2.45) is 11.1 Å². The van der Waals surface area contributed by atoms with Crippen LogP contribution in [0.3, 0.4) is 0 Å². The summed E-state index contributed by atoms with van der Waals surface area (Å²) in [4.78, 5) is 88.1. The first kappa shape index (κ1) is 45.4. The largest absolute Gasteiger partial charge is 0.480 e. The molecule has 1 aliphatic rings. The number of halogens is 2. The molecule has 4 rings (SSSR count). The fourth-order valence-corrected chi connectivity index (χ4v) is 6.62. The molecule has 18 heteroatoms. The highest BCUT2D eigenvalue weighted by atomic mass is 19.1. The third-order valence-electron chi connectivity index (χ3n) is 9.49. The molecule has 0 radical (unpaired) electrons. The van der Waals surface area contributed by atoms with E-state index in [1.165, 1.54) is 4.90 Å². The molecule has 2 heterocycles. The molecule has 0 bridgehead atoms. The first-order valence-electron chi connectivity index (χ1n) is 18.8. The van der Waals surface area contributed by atoms with E-state index in [9.17, 15) is 48.2 Å². The molecule has 3 atom stereocenters. The Morgan fingerprint density at radius 3 is 2.19 bits per heavy atom. The van der Waals surface area contributed by atoms with Gasteiger partial charge in [-0.15, -0.1) is 0 Å². The smallest absolute Gasteiger partial charge is 0.326 e. The Morgan fingerprint density at radius 1 is 0.898 bits per heavy atom. The number of carboxylic acids is 1. The highest BCUT2D eigenvalue weighted by molar-refractivity contribution is 6.14.